The number of rotatable bonds is 5. The van der Waals surface area contributed by atoms with E-state index in [1.54, 1.807) is 0 Å². The van der Waals surface area contributed by atoms with Crippen LogP contribution in [0.1, 0.15) is 38.5 Å². The molecule has 116 valence electrons. The Morgan fingerprint density at radius 3 is 2.47 bits per heavy atom. The maximum atomic E-state index is 5.41. The summed E-state index contributed by atoms with van der Waals surface area (Å²) in [6.45, 7) is 5.69. The molecule has 2 rings (SSSR count). The zero-order valence-electron chi connectivity index (χ0n) is 12.1. The third-order valence-corrected chi connectivity index (χ3v) is 4.18. The highest BCUT2D eigenvalue weighted by Gasteiger charge is 2.17. The van der Waals surface area contributed by atoms with Gasteiger partial charge in [0.25, 0.3) is 0 Å². The lowest BCUT2D eigenvalue weighted by Crippen LogP contribution is -2.38. The zero-order valence-corrected chi connectivity index (χ0v) is 13.7. The fourth-order valence-corrected chi connectivity index (χ4v) is 3.01. The quantitative estimate of drug-likeness (QED) is 0.845. The van der Waals surface area contributed by atoms with Crippen LogP contribution in [0, 0.1) is 5.92 Å². The van der Waals surface area contributed by atoms with Crippen molar-refractivity contribution in [2.24, 2.45) is 5.92 Å². The molecule has 1 atom stereocenters. The van der Waals surface area contributed by atoms with Crippen LogP contribution in [0.2, 0.25) is 0 Å². The highest BCUT2D eigenvalue weighted by Crippen LogP contribution is 2.16. The Labute approximate surface area is 130 Å². The molecule has 0 spiro atoms. The third-order valence-electron chi connectivity index (χ3n) is 4.18. The lowest BCUT2D eigenvalue weighted by atomic mass is 9.99. The molecule has 1 unspecified atom stereocenters. The van der Waals surface area contributed by atoms with Gasteiger partial charge < -0.3 is 15.0 Å². The summed E-state index contributed by atoms with van der Waals surface area (Å²) in [5.74, 6) is 0.869. The fraction of sp³-hybridized carbons (Fsp3) is 1.00. The molecule has 0 amide bonds. The maximum absolute atomic E-state index is 5.41. The maximum Gasteiger partial charge on any atom is 0.0469 e. The van der Waals surface area contributed by atoms with Gasteiger partial charge in [-0.15, -0.1) is 24.8 Å². The Kier molecular flexibility index (Phi) is 11.4. The second-order valence-electron chi connectivity index (χ2n) is 5.75. The first kappa shape index (κ1) is 19.5. The molecule has 0 radical (unpaired) electrons. The molecule has 0 aromatic heterocycles. The van der Waals surface area contributed by atoms with Crippen molar-refractivity contribution in [2.75, 3.05) is 39.9 Å². The molecule has 2 aliphatic rings. The van der Waals surface area contributed by atoms with Gasteiger partial charge >= 0.3 is 0 Å². The molecule has 2 fully saturated rings. The van der Waals surface area contributed by atoms with E-state index in [0.717, 1.165) is 25.2 Å². The number of nitrogens with zero attached hydrogens (tertiary/aromatic N) is 1. The standard InChI is InChI=1S/C14H28N2O.2ClH/c1-16(12-13-6-10-17-11-7-13)9-5-14-4-2-3-8-15-14;;/h13-15H,2-12H2,1H3;2*1H. The monoisotopic (exact) mass is 312 g/mol. The Bertz CT molecular complexity index is 208. The van der Waals surface area contributed by atoms with Crippen LogP contribution in [-0.2, 0) is 4.74 Å². The van der Waals surface area contributed by atoms with Crippen LogP contribution in [0.25, 0.3) is 0 Å². The van der Waals surface area contributed by atoms with Gasteiger partial charge in [-0.05, 0) is 58.2 Å². The molecule has 0 aliphatic carbocycles. The van der Waals surface area contributed by atoms with Crippen LogP contribution in [0.5, 0.6) is 0 Å². The SMILES string of the molecule is CN(CCC1CCCCN1)CC1CCOCC1.Cl.Cl. The van der Waals surface area contributed by atoms with E-state index in [9.17, 15) is 0 Å². The zero-order chi connectivity index (χ0) is 11.9. The van der Waals surface area contributed by atoms with Crippen molar-refractivity contribution in [3.8, 4) is 0 Å². The van der Waals surface area contributed by atoms with E-state index in [-0.39, 0.29) is 24.8 Å². The second-order valence-corrected chi connectivity index (χ2v) is 5.75. The normalized spacial score (nSPS) is 24.6. The van der Waals surface area contributed by atoms with E-state index in [2.05, 4.69) is 17.3 Å². The van der Waals surface area contributed by atoms with E-state index in [0.29, 0.717) is 0 Å². The summed E-state index contributed by atoms with van der Waals surface area (Å²) in [5, 5.41) is 3.63. The largest absolute Gasteiger partial charge is 0.381 e. The smallest absolute Gasteiger partial charge is 0.0469 e. The molecule has 3 nitrogen and oxygen atoms in total. The number of piperidine rings is 1. The predicted molar refractivity (Wildman–Crippen MR) is 85.8 cm³/mol. The minimum absolute atomic E-state index is 0. The molecular formula is C14H30Cl2N2O. The van der Waals surface area contributed by atoms with Crippen molar-refractivity contribution in [3.63, 3.8) is 0 Å². The van der Waals surface area contributed by atoms with Gasteiger partial charge in [0, 0.05) is 25.8 Å². The van der Waals surface area contributed by atoms with Crippen molar-refractivity contribution in [3.05, 3.63) is 0 Å². The molecule has 2 aliphatic heterocycles. The summed E-state index contributed by atoms with van der Waals surface area (Å²) in [6.07, 6.45) is 8.00. The van der Waals surface area contributed by atoms with Crippen LogP contribution in [-0.4, -0.2) is 50.8 Å². The number of hydrogen-bond acceptors (Lipinski definition) is 3. The first-order valence-corrected chi connectivity index (χ1v) is 7.34. The highest BCUT2D eigenvalue weighted by molar-refractivity contribution is 5.85. The minimum Gasteiger partial charge on any atom is -0.381 e. The van der Waals surface area contributed by atoms with Gasteiger partial charge in [0.15, 0.2) is 0 Å². The number of nitrogens with one attached hydrogen (secondary N) is 1. The summed E-state index contributed by atoms with van der Waals surface area (Å²) in [4.78, 5) is 2.52. The third kappa shape index (κ3) is 7.72. The summed E-state index contributed by atoms with van der Waals surface area (Å²) in [6, 6.07) is 0.779. The number of halogens is 2. The highest BCUT2D eigenvalue weighted by atomic mass is 35.5. The molecule has 0 aromatic carbocycles. The fourth-order valence-electron chi connectivity index (χ4n) is 3.01. The minimum atomic E-state index is 0. The van der Waals surface area contributed by atoms with Gasteiger partial charge in [0.05, 0.1) is 0 Å². The molecule has 2 heterocycles. The van der Waals surface area contributed by atoms with Gasteiger partial charge in [-0.25, -0.2) is 0 Å². The molecule has 0 bridgehead atoms. The van der Waals surface area contributed by atoms with Crippen LogP contribution < -0.4 is 5.32 Å². The molecule has 0 aromatic rings. The second kappa shape index (κ2) is 11.2. The topological polar surface area (TPSA) is 24.5 Å². The molecule has 1 N–H and O–H groups in total. The van der Waals surface area contributed by atoms with Gasteiger partial charge in [0.2, 0.25) is 0 Å². The molecule has 5 heteroatoms. The molecule has 19 heavy (non-hydrogen) atoms. The van der Waals surface area contributed by atoms with E-state index in [1.165, 1.54) is 58.2 Å². The lowest BCUT2D eigenvalue weighted by Gasteiger charge is -2.29. The van der Waals surface area contributed by atoms with Crippen LogP contribution in [0.3, 0.4) is 0 Å². The Morgan fingerprint density at radius 1 is 1.11 bits per heavy atom. The summed E-state index contributed by atoms with van der Waals surface area (Å²) >= 11 is 0. The Balaban J connectivity index is 0.00000162. The van der Waals surface area contributed by atoms with Crippen LogP contribution in [0.15, 0.2) is 0 Å². The molecular weight excluding hydrogens is 283 g/mol. The van der Waals surface area contributed by atoms with Crippen LogP contribution >= 0.6 is 24.8 Å². The first-order chi connectivity index (χ1) is 8.34. The summed E-state index contributed by atoms with van der Waals surface area (Å²) in [5.41, 5.74) is 0. The molecule has 2 saturated heterocycles. The summed E-state index contributed by atoms with van der Waals surface area (Å²) < 4.78 is 5.41. The Morgan fingerprint density at radius 2 is 1.84 bits per heavy atom. The van der Waals surface area contributed by atoms with Gasteiger partial charge in [-0.1, -0.05) is 6.42 Å². The van der Waals surface area contributed by atoms with Crippen molar-refractivity contribution in [1.29, 1.82) is 0 Å². The van der Waals surface area contributed by atoms with Crippen molar-refractivity contribution < 1.29 is 4.74 Å². The van der Waals surface area contributed by atoms with Gasteiger partial charge in [-0.2, -0.15) is 0 Å². The average molecular weight is 313 g/mol. The van der Waals surface area contributed by atoms with Gasteiger partial charge in [0.1, 0.15) is 0 Å². The van der Waals surface area contributed by atoms with E-state index in [1.807, 2.05) is 0 Å². The van der Waals surface area contributed by atoms with E-state index < -0.39 is 0 Å². The average Bonchev–Trinajstić information content (AvgIpc) is 2.39. The van der Waals surface area contributed by atoms with Crippen molar-refractivity contribution >= 4 is 24.8 Å². The lowest BCUT2D eigenvalue weighted by molar-refractivity contribution is 0.0552. The van der Waals surface area contributed by atoms with Crippen LogP contribution in [0.4, 0.5) is 0 Å². The summed E-state index contributed by atoms with van der Waals surface area (Å²) in [7, 11) is 2.28. The number of hydrogen-bond donors (Lipinski definition) is 1. The van der Waals surface area contributed by atoms with Crippen molar-refractivity contribution in [2.45, 2.75) is 44.6 Å². The van der Waals surface area contributed by atoms with Crippen molar-refractivity contribution in [1.82, 2.24) is 10.2 Å². The van der Waals surface area contributed by atoms with E-state index >= 15 is 0 Å². The van der Waals surface area contributed by atoms with Gasteiger partial charge in [-0.3, -0.25) is 0 Å². The first-order valence-electron chi connectivity index (χ1n) is 7.34. The molecule has 0 saturated carbocycles. The number of ether oxygens (including phenoxy) is 1. The predicted octanol–water partition coefficient (Wildman–Crippen LogP) is 2.72. The van der Waals surface area contributed by atoms with E-state index in [4.69, 9.17) is 4.74 Å². The Hall–Kier alpha value is 0.460.